The molecular weight excluding hydrogens is 339 g/mol. The summed E-state index contributed by atoms with van der Waals surface area (Å²) in [7, 11) is -0.832. The first-order valence-electron chi connectivity index (χ1n) is 6.64. The molecule has 3 rings (SSSR count). The third kappa shape index (κ3) is 2.29. The lowest BCUT2D eigenvalue weighted by Crippen LogP contribution is -2.14. The molecule has 0 aromatic heterocycles. The van der Waals surface area contributed by atoms with Crippen molar-refractivity contribution in [2.75, 3.05) is 0 Å². The van der Waals surface area contributed by atoms with Crippen LogP contribution in [0.1, 0.15) is 20.7 Å². The summed E-state index contributed by atoms with van der Waals surface area (Å²) in [4.78, 5) is 24.2. The van der Waals surface area contributed by atoms with Crippen LogP contribution in [0.2, 0.25) is 0 Å². The molecule has 0 atom stereocenters. The third-order valence-electron chi connectivity index (χ3n) is 3.58. The van der Waals surface area contributed by atoms with Gasteiger partial charge in [0.15, 0.2) is 23.0 Å². The second-order valence-corrected chi connectivity index (χ2v) is 5.01. The van der Waals surface area contributed by atoms with Gasteiger partial charge in [-0.15, -0.1) is 0 Å². The molecule has 0 amide bonds. The number of phenols is 6. The van der Waals surface area contributed by atoms with Crippen LogP contribution in [-0.2, 0) is 9.31 Å². The lowest BCUT2D eigenvalue weighted by molar-refractivity contribution is 0.0634. The minimum Gasteiger partial charge on any atom is -0.504 e. The Morgan fingerprint density at radius 1 is 0.640 bits per heavy atom. The van der Waals surface area contributed by atoms with E-state index < -0.39 is 76.4 Å². The predicted octanol–water partition coefficient (Wildman–Crippen LogP) is 0.181. The monoisotopic (exact) mass is 348 g/mol. The number of fused-ring (bicyclic) bond motifs is 3. The highest BCUT2D eigenvalue weighted by Crippen LogP contribution is 2.52. The van der Waals surface area contributed by atoms with Gasteiger partial charge in [-0.1, -0.05) is 0 Å². The van der Waals surface area contributed by atoms with E-state index >= 15 is 0 Å². The molecule has 0 saturated heterocycles. The van der Waals surface area contributed by atoms with Gasteiger partial charge in [0.05, 0.1) is 11.1 Å². The molecule has 128 valence electrons. The highest BCUT2D eigenvalue weighted by Gasteiger charge is 2.33. The number of benzene rings is 2. The van der Waals surface area contributed by atoms with Crippen LogP contribution in [0.3, 0.4) is 0 Å². The van der Waals surface area contributed by atoms with Gasteiger partial charge in [0.1, 0.15) is 0 Å². The van der Waals surface area contributed by atoms with Gasteiger partial charge < -0.3 is 39.9 Å². The second kappa shape index (κ2) is 5.41. The standard InChI is InChI=1S/C14H9BO10/c16-5-1-3-7(11(20)9(5)18)8-4(2-6(17)10(19)12(8)21)14(23)25-15-24-13(3)22/h1-2,15-21H. The summed E-state index contributed by atoms with van der Waals surface area (Å²) < 4.78 is 9.30. The fraction of sp³-hybridized carbons (Fsp3) is 0. The van der Waals surface area contributed by atoms with Crippen LogP contribution in [0.5, 0.6) is 34.5 Å². The molecule has 0 bridgehead atoms. The van der Waals surface area contributed by atoms with Gasteiger partial charge in [0, 0.05) is 11.1 Å². The molecule has 0 unspecified atom stereocenters. The van der Waals surface area contributed by atoms with E-state index in [1.54, 1.807) is 0 Å². The summed E-state index contributed by atoms with van der Waals surface area (Å²) in [5, 5.41) is 59.0. The van der Waals surface area contributed by atoms with E-state index in [1.807, 2.05) is 0 Å². The summed E-state index contributed by atoms with van der Waals surface area (Å²) >= 11 is 0. The molecule has 0 fully saturated rings. The van der Waals surface area contributed by atoms with Crippen LogP contribution in [0.4, 0.5) is 0 Å². The Bertz CT molecular complexity index is 861. The smallest absolute Gasteiger partial charge is 0.504 e. The minimum atomic E-state index is -1.16. The molecule has 1 heterocycles. The van der Waals surface area contributed by atoms with Crippen molar-refractivity contribution in [3.63, 3.8) is 0 Å². The molecule has 25 heavy (non-hydrogen) atoms. The maximum Gasteiger partial charge on any atom is 0.580 e. The fourth-order valence-electron chi connectivity index (χ4n) is 2.41. The van der Waals surface area contributed by atoms with E-state index in [9.17, 15) is 40.2 Å². The number of phenolic OH excluding ortho intramolecular Hbond substituents is 6. The molecule has 0 aliphatic carbocycles. The number of hydrogen-bond acceptors (Lipinski definition) is 10. The average molecular weight is 348 g/mol. The average Bonchev–Trinajstić information content (AvgIpc) is 2.61. The van der Waals surface area contributed by atoms with Crippen molar-refractivity contribution < 1.29 is 49.5 Å². The van der Waals surface area contributed by atoms with Crippen LogP contribution in [0.25, 0.3) is 11.1 Å². The molecule has 0 radical (unpaired) electrons. The zero-order chi connectivity index (χ0) is 18.5. The SMILES string of the molecule is O=C1OBOC(=O)c2cc(O)c(O)c(O)c2-c2c1cc(O)c(O)c2O. The van der Waals surface area contributed by atoms with Gasteiger partial charge in [-0.2, -0.15) is 0 Å². The van der Waals surface area contributed by atoms with Crippen molar-refractivity contribution in [1.29, 1.82) is 0 Å². The van der Waals surface area contributed by atoms with E-state index in [0.29, 0.717) is 0 Å². The van der Waals surface area contributed by atoms with Crippen molar-refractivity contribution in [3.8, 4) is 45.6 Å². The highest BCUT2D eigenvalue weighted by molar-refractivity contribution is 6.30. The van der Waals surface area contributed by atoms with E-state index in [1.165, 1.54) is 0 Å². The zero-order valence-electron chi connectivity index (χ0n) is 12.2. The Balaban J connectivity index is 2.53. The van der Waals surface area contributed by atoms with Crippen LogP contribution < -0.4 is 0 Å². The van der Waals surface area contributed by atoms with Crippen LogP contribution in [-0.4, -0.2) is 50.3 Å². The van der Waals surface area contributed by atoms with E-state index in [2.05, 4.69) is 9.31 Å². The minimum absolute atomic E-state index is 0.535. The van der Waals surface area contributed by atoms with Crippen LogP contribution >= 0.6 is 0 Å². The largest absolute Gasteiger partial charge is 0.580 e. The lowest BCUT2D eigenvalue weighted by atomic mass is 9.92. The van der Waals surface area contributed by atoms with Crippen molar-refractivity contribution in [2.45, 2.75) is 0 Å². The number of aromatic hydroxyl groups is 6. The second-order valence-electron chi connectivity index (χ2n) is 5.01. The molecule has 6 N–H and O–H groups in total. The first-order valence-corrected chi connectivity index (χ1v) is 6.64. The summed E-state index contributed by atoms with van der Waals surface area (Å²) in [5.41, 5.74) is -2.29. The van der Waals surface area contributed by atoms with Gasteiger partial charge in [-0.3, -0.25) is 0 Å². The molecule has 0 spiro atoms. The Morgan fingerprint density at radius 3 is 1.36 bits per heavy atom. The molecule has 10 nitrogen and oxygen atoms in total. The summed E-state index contributed by atoms with van der Waals surface area (Å²) in [6, 6.07) is 1.46. The summed E-state index contributed by atoms with van der Waals surface area (Å²) in [5.74, 6) is -8.28. The Morgan fingerprint density at radius 2 is 1.00 bits per heavy atom. The van der Waals surface area contributed by atoms with Crippen molar-refractivity contribution in [2.24, 2.45) is 0 Å². The molecule has 0 saturated carbocycles. The van der Waals surface area contributed by atoms with Gasteiger partial charge in [0.2, 0.25) is 11.5 Å². The summed E-state index contributed by atoms with van der Waals surface area (Å²) in [6.45, 7) is 0. The number of hydrogen-bond donors (Lipinski definition) is 6. The summed E-state index contributed by atoms with van der Waals surface area (Å²) in [6.07, 6.45) is 0. The first kappa shape index (κ1) is 16.1. The van der Waals surface area contributed by atoms with Crippen molar-refractivity contribution in [3.05, 3.63) is 23.3 Å². The lowest BCUT2D eigenvalue weighted by Gasteiger charge is -2.16. The molecule has 2 aromatic rings. The maximum atomic E-state index is 12.1. The highest BCUT2D eigenvalue weighted by atomic mass is 16.6. The van der Waals surface area contributed by atoms with Gasteiger partial charge in [-0.05, 0) is 12.1 Å². The van der Waals surface area contributed by atoms with Crippen LogP contribution in [0, 0.1) is 0 Å². The van der Waals surface area contributed by atoms with Gasteiger partial charge in [-0.25, -0.2) is 9.59 Å². The topological polar surface area (TPSA) is 174 Å². The maximum absolute atomic E-state index is 12.1. The Kier molecular flexibility index (Phi) is 3.48. The van der Waals surface area contributed by atoms with Crippen LogP contribution in [0.15, 0.2) is 12.1 Å². The third-order valence-corrected chi connectivity index (χ3v) is 3.58. The molecule has 2 aromatic carbocycles. The molecule has 1 aliphatic heterocycles. The van der Waals surface area contributed by atoms with Crippen molar-refractivity contribution in [1.82, 2.24) is 0 Å². The van der Waals surface area contributed by atoms with Crippen molar-refractivity contribution >= 4 is 19.6 Å². The molecular formula is C14H9BO10. The van der Waals surface area contributed by atoms with Gasteiger partial charge in [0.25, 0.3) is 0 Å². The molecule has 1 aliphatic rings. The van der Waals surface area contributed by atoms with Gasteiger partial charge >= 0.3 is 19.6 Å². The number of carbonyl (C=O) groups is 2. The first-order chi connectivity index (χ1) is 11.7. The number of carbonyl (C=O) groups excluding carboxylic acids is 2. The Labute approximate surface area is 139 Å². The molecule has 11 heteroatoms. The fourth-order valence-corrected chi connectivity index (χ4v) is 2.41. The van der Waals surface area contributed by atoms with E-state index in [0.717, 1.165) is 12.1 Å². The van der Waals surface area contributed by atoms with E-state index in [-0.39, 0.29) is 0 Å². The predicted molar refractivity (Wildman–Crippen MR) is 79.8 cm³/mol. The zero-order valence-corrected chi connectivity index (χ0v) is 12.2. The quantitative estimate of drug-likeness (QED) is 0.285. The Hall–Kier alpha value is -3.76. The number of rotatable bonds is 0. The van der Waals surface area contributed by atoms with E-state index in [4.69, 9.17) is 0 Å². The normalized spacial score (nSPS) is 13.3.